The number of fused-ring (bicyclic) bond motifs is 4. The molecular formula is C104H108F4N16O8. The Balaban J connectivity index is 0.000000250. The lowest BCUT2D eigenvalue weighted by Crippen LogP contribution is -2.11. The molecule has 4 heterocycles. The number of hydrogen-bond acceptors (Lipinski definition) is 24. The van der Waals surface area contributed by atoms with Crippen LogP contribution in [0.3, 0.4) is 0 Å². The van der Waals surface area contributed by atoms with E-state index in [0.717, 1.165) is 69.3 Å². The van der Waals surface area contributed by atoms with Gasteiger partial charge in [0, 0.05) is 191 Å². The number of likely N-dealkylation sites (N-methyl/N-ethyl adjacent to an activating group) is 4. The maximum atomic E-state index is 14.3. The summed E-state index contributed by atoms with van der Waals surface area (Å²) in [6.45, 7) is -17.1. The van der Waals surface area contributed by atoms with Crippen molar-refractivity contribution < 1.29 is 109 Å². The molecule has 0 radical (unpaired) electrons. The lowest BCUT2D eigenvalue weighted by atomic mass is 10.0. The normalized spacial score (nSPS) is 16.7. The number of nitriles is 4. The van der Waals surface area contributed by atoms with E-state index in [1.54, 1.807) is 19.1 Å². The summed E-state index contributed by atoms with van der Waals surface area (Å²) in [5, 5.41) is 50.9. The molecule has 132 heavy (non-hydrogen) atoms. The highest BCUT2D eigenvalue weighted by molar-refractivity contribution is 6.03. The molecule has 0 saturated carbocycles. The molecule has 8 aromatic carbocycles. The number of anilines is 8. The van der Waals surface area contributed by atoms with E-state index in [1.165, 1.54) is 106 Å². The van der Waals surface area contributed by atoms with Crippen LogP contribution < -0.4 is 40.2 Å². The molecule has 0 aliphatic rings. The van der Waals surface area contributed by atoms with Gasteiger partial charge in [-0.25, -0.2) is 17.6 Å². The zero-order chi connectivity index (χ0) is 129. The van der Waals surface area contributed by atoms with Crippen molar-refractivity contribution in [3.8, 4) is 47.3 Å². The minimum Gasteiger partial charge on any atom is -0.494 e. The highest BCUT2D eigenvalue weighted by Gasteiger charge is 2.23. The number of halogens is 4. The third-order valence-electron chi connectivity index (χ3n) is 18.1. The van der Waals surface area contributed by atoms with Crippen LogP contribution in [0, 0.1) is 96.3 Å². The van der Waals surface area contributed by atoms with E-state index in [4.69, 9.17) is 72.4 Å². The number of ketones is 4. The van der Waals surface area contributed by atoms with Crippen LogP contribution in [-0.4, -0.2) is 171 Å². The molecule has 28 heteroatoms. The van der Waals surface area contributed by atoms with Gasteiger partial charge in [-0.1, -0.05) is 24.3 Å². The first-order valence-corrected chi connectivity index (χ1v) is 39.2. The smallest absolute Gasteiger partial charge is 0.159 e. The van der Waals surface area contributed by atoms with Gasteiger partial charge in [-0.15, -0.1) is 0 Å². The first kappa shape index (κ1) is 58.5. The van der Waals surface area contributed by atoms with Crippen molar-refractivity contribution in [1.82, 2.24) is 39.5 Å². The predicted octanol–water partition coefficient (Wildman–Crippen LogP) is 19.7. The van der Waals surface area contributed by atoms with Crippen LogP contribution in [0.2, 0.25) is 0 Å². The summed E-state index contributed by atoms with van der Waals surface area (Å²) in [5.74, 6) is -7.90. The molecule has 4 aromatic heterocycles. The number of carbonyl (C=O) groups is 4. The second-order valence-electron chi connectivity index (χ2n) is 28.3. The monoisotopic (exact) mass is 1820 g/mol. The average Bonchev–Trinajstić information content (AvgIpc) is 0.720. The van der Waals surface area contributed by atoms with Crippen LogP contribution in [0.4, 0.5) is 63.1 Å². The number of pyridine rings is 4. The lowest BCUT2D eigenvalue weighted by molar-refractivity contribution is -0.114. The molecule has 0 aliphatic carbocycles. The zero-order valence-electron chi connectivity index (χ0n) is 112. The minimum absolute atomic E-state index is 0.00651. The van der Waals surface area contributed by atoms with Gasteiger partial charge in [-0.05, 0) is 255 Å². The Kier molecular flexibility index (Phi) is 21.7. The average molecular weight is 1830 g/mol. The highest BCUT2D eigenvalue weighted by Crippen LogP contribution is 2.40. The quantitative estimate of drug-likeness (QED) is 0.0209. The molecule has 4 N–H and O–H groups in total. The van der Waals surface area contributed by atoms with Gasteiger partial charge >= 0.3 is 0 Å². The first-order chi connectivity index (χ1) is 78.8. The number of nitrogens with zero attached hydrogens (tertiary/aromatic N) is 12. The van der Waals surface area contributed by atoms with E-state index >= 15 is 0 Å². The van der Waals surface area contributed by atoms with Crippen molar-refractivity contribution in [2.75, 3.05) is 130 Å². The third-order valence-corrected chi connectivity index (χ3v) is 18.1. The van der Waals surface area contributed by atoms with Gasteiger partial charge in [0.1, 0.15) is 70.5 Å². The van der Waals surface area contributed by atoms with Crippen molar-refractivity contribution in [3.63, 3.8) is 0 Å². The Bertz CT molecular complexity index is 8460. The Morgan fingerprint density at radius 3 is 0.894 bits per heavy atom. The Labute approximate surface area is 822 Å². The van der Waals surface area contributed by atoms with Crippen LogP contribution in [0.1, 0.15) is 148 Å². The fourth-order valence-corrected chi connectivity index (χ4v) is 12.0. The summed E-state index contributed by atoms with van der Waals surface area (Å²) in [6, 6.07) is 8.75. The van der Waals surface area contributed by atoms with E-state index in [-0.39, 0.29) is 190 Å². The first-order valence-electron chi connectivity index (χ1n) is 58.7. The topological polar surface area (TPSA) is 313 Å². The van der Waals surface area contributed by atoms with E-state index in [1.807, 2.05) is 24.3 Å². The molecule has 12 aromatic rings. The molecule has 680 valence electrons. The van der Waals surface area contributed by atoms with Gasteiger partial charge in [0.2, 0.25) is 0 Å². The number of aromatic nitrogens is 4. The highest BCUT2D eigenvalue weighted by atomic mass is 19.1. The molecule has 0 atom stereocenters. The standard InChI is InChI=1S/4C26H27FN4O2/c4*1-5-33-25-14-24-22(13-18(25)12-21(32)7-6-10-31(3)4)26(19(15-28)16-29-24)30-20-8-9-23(27)17(2)11-20/h4*6-9,11,13-14,16H,5,10,12H2,1-4H3,(H,29,30)/b4*7-6+/i1D3,5D2,7D,8D,9D,10D2,11D;1D3,3D3,5D2,7D,8D,9D,11D;3D3,5D2,7D,8D,9D,11D;3D3,7D,8D,9D,11D. The maximum absolute atomic E-state index is 14.3. The third kappa shape index (κ3) is 28.5. The summed E-state index contributed by atoms with van der Waals surface area (Å²) in [6.07, 6.45) is 6.72. The summed E-state index contributed by atoms with van der Waals surface area (Å²) >= 11 is 0. The number of carbonyl (C=O) groups excluding carboxylic acids is 4. The van der Waals surface area contributed by atoms with Crippen LogP contribution in [-0.2, 0) is 44.9 Å². The van der Waals surface area contributed by atoms with Crippen molar-refractivity contribution in [2.45, 2.75) is 80.9 Å². The number of nitrogens with one attached hydrogen (secondary N) is 4. The minimum atomic E-state index is -3.27. The number of allylic oxidation sites excluding steroid dienone is 4. The van der Waals surface area contributed by atoms with Crippen LogP contribution in [0.25, 0.3) is 43.6 Å². The van der Waals surface area contributed by atoms with Gasteiger partial charge in [0.15, 0.2) is 23.1 Å². The van der Waals surface area contributed by atoms with Crippen molar-refractivity contribution in [2.24, 2.45) is 0 Å². The molecular weight excluding hydrogens is 1680 g/mol. The molecule has 12 rings (SSSR count). The van der Waals surface area contributed by atoms with Gasteiger partial charge in [-0.2, -0.15) is 21.0 Å². The molecule has 0 amide bonds. The summed E-state index contributed by atoms with van der Waals surface area (Å²) in [4.78, 5) is 72.8. The van der Waals surface area contributed by atoms with Crippen LogP contribution >= 0.6 is 0 Å². The number of rotatable bonds is 36. The van der Waals surface area contributed by atoms with Crippen molar-refractivity contribution in [1.29, 1.82) is 21.0 Å². The molecule has 24 nitrogen and oxygen atoms in total. The van der Waals surface area contributed by atoms with E-state index in [9.17, 15) is 57.8 Å². The molecule has 0 bridgehead atoms. The zero-order valence-corrected chi connectivity index (χ0v) is 72.5. The van der Waals surface area contributed by atoms with Gasteiger partial charge in [-0.3, -0.25) is 39.1 Å². The summed E-state index contributed by atoms with van der Waals surface area (Å²) in [5.41, 5.74) is -1.37. The van der Waals surface area contributed by atoms with Crippen molar-refractivity contribution in [3.05, 3.63) is 284 Å². The second-order valence-corrected chi connectivity index (χ2v) is 28.3. The van der Waals surface area contributed by atoms with Gasteiger partial charge in [0.05, 0.1) is 124 Å². The van der Waals surface area contributed by atoms with Crippen molar-refractivity contribution >= 4 is 112 Å². The fraction of sp³-hybridized carbons (Fsp3) is 0.269. The maximum Gasteiger partial charge on any atom is 0.159 e. The number of hydrogen-bond donors (Lipinski definition) is 4. The van der Waals surface area contributed by atoms with Gasteiger partial charge < -0.3 is 59.8 Å². The van der Waals surface area contributed by atoms with Crippen LogP contribution in [0.5, 0.6) is 23.0 Å². The summed E-state index contributed by atoms with van der Waals surface area (Å²) in [7, 11) is 6.71. The molecule has 0 saturated heterocycles. The Morgan fingerprint density at radius 2 is 0.659 bits per heavy atom. The molecule has 0 fully saturated rings. The van der Waals surface area contributed by atoms with E-state index in [0.29, 0.717) is 22.2 Å². The Morgan fingerprint density at radius 1 is 0.402 bits per heavy atom. The molecule has 0 spiro atoms. The second kappa shape index (κ2) is 48.9. The van der Waals surface area contributed by atoms with E-state index in [2.05, 4.69) is 41.2 Å². The number of ether oxygens (including phenoxy) is 4. The summed E-state index contributed by atoms with van der Waals surface area (Å²) < 4.78 is 384. The fourth-order valence-electron chi connectivity index (χ4n) is 12.0. The van der Waals surface area contributed by atoms with Gasteiger partial charge in [0.25, 0.3) is 0 Å². The lowest BCUT2D eigenvalue weighted by Gasteiger charge is -2.15. The number of benzene rings is 8. The molecule has 0 unspecified atom stereocenters. The molecule has 0 aliphatic heterocycles. The van der Waals surface area contributed by atoms with Crippen LogP contribution in [0.15, 0.2) is 194 Å². The van der Waals surface area contributed by atoms with E-state index < -0.39 is 223 Å². The largest absolute Gasteiger partial charge is 0.494 e. The Hall–Kier alpha value is -15.0. The predicted molar refractivity (Wildman–Crippen MR) is 514 cm³/mol. The SMILES string of the molecule is [2H]/C(=C\C([2H])([2H])N(C)C)C(=O)Cc1cc2c(Nc3c([2H])c([2H])c(F)c(C)c3[2H])c(C#N)cnc2cc1OC([2H])([2H])C([2H])([2H])[2H].[2H]/C(=C\CN(C)C([2H])([2H])[2H])C(=O)Cc1cc2c(Nc3c([2H])c([2H])c(F)c(C)c3[2H])c(C#N)cnc2cc1OC([2H])([2H])C.[2H]/C(=C\CN(C)C([2H])([2H])[2H])C(=O)Cc1cc2c(Nc3c([2H])c([2H])c(F)c(C)c3[2H])c(C#N)cnc2cc1OC([2H])([2H])C([2H])([2H])[2H].[2H]/C(=C\CN(C)C([2H])([2H])[2H])C(=O)Cc1cc2c(Nc3c([2H])c([2H])c(F)c(C)c3[2H])c(C#N)cnc2cc1OCC.